The Morgan fingerprint density at radius 1 is 0.947 bits per heavy atom. The molecule has 19 heavy (non-hydrogen) atoms. The van der Waals surface area contributed by atoms with Gasteiger partial charge in [0.15, 0.2) is 0 Å². The second-order valence-corrected chi connectivity index (χ2v) is 7.38. The zero-order chi connectivity index (χ0) is 14.8. The summed E-state index contributed by atoms with van der Waals surface area (Å²) in [5.41, 5.74) is -0.406. The summed E-state index contributed by atoms with van der Waals surface area (Å²) in [7, 11) is 0. The van der Waals surface area contributed by atoms with Crippen LogP contribution in [0.2, 0.25) is 0 Å². The van der Waals surface area contributed by atoms with E-state index >= 15 is 0 Å². The maximum absolute atomic E-state index is 10.2. The van der Waals surface area contributed by atoms with Gasteiger partial charge < -0.3 is 19.3 Å². The van der Waals surface area contributed by atoms with E-state index in [1.54, 1.807) is 0 Å². The van der Waals surface area contributed by atoms with E-state index in [0.717, 1.165) is 0 Å². The standard InChI is InChI=1S/C15H30O4/c1-10-13(16)11(8-17-14(2,3)4)12(19-10)9-18-15(5,6)7/h10-13,16H,8-9H2,1-7H3/t10-,11-,12+,13?/m0/s1. The van der Waals surface area contributed by atoms with Crippen LogP contribution in [0, 0.1) is 5.92 Å². The molecule has 1 heterocycles. The van der Waals surface area contributed by atoms with E-state index in [0.29, 0.717) is 13.2 Å². The molecule has 0 aliphatic carbocycles. The molecule has 4 atom stereocenters. The zero-order valence-electron chi connectivity index (χ0n) is 13.4. The van der Waals surface area contributed by atoms with Gasteiger partial charge in [0.1, 0.15) is 0 Å². The molecule has 1 rings (SSSR count). The van der Waals surface area contributed by atoms with E-state index in [9.17, 15) is 5.11 Å². The van der Waals surface area contributed by atoms with Gasteiger partial charge in [-0.3, -0.25) is 0 Å². The maximum atomic E-state index is 10.2. The van der Waals surface area contributed by atoms with Crippen molar-refractivity contribution in [1.29, 1.82) is 0 Å². The van der Waals surface area contributed by atoms with Gasteiger partial charge in [0.2, 0.25) is 0 Å². The predicted molar refractivity (Wildman–Crippen MR) is 75.2 cm³/mol. The molecule has 0 aromatic carbocycles. The van der Waals surface area contributed by atoms with E-state index < -0.39 is 6.10 Å². The smallest absolute Gasteiger partial charge is 0.0889 e. The van der Waals surface area contributed by atoms with Crippen LogP contribution in [0.25, 0.3) is 0 Å². The van der Waals surface area contributed by atoms with Crippen molar-refractivity contribution in [3.05, 3.63) is 0 Å². The molecular weight excluding hydrogens is 244 g/mol. The number of aliphatic hydroxyl groups is 1. The van der Waals surface area contributed by atoms with E-state index in [2.05, 4.69) is 0 Å². The molecule has 0 aromatic rings. The molecule has 1 fully saturated rings. The van der Waals surface area contributed by atoms with Crippen molar-refractivity contribution in [1.82, 2.24) is 0 Å². The average Bonchev–Trinajstić information content (AvgIpc) is 2.47. The second kappa shape index (κ2) is 6.08. The Bertz CT molecular complexity index is 277. The Morgan fingerprint density at radius 3 is 1.89 bits per heavy atom. The van der Waals surface area contributed by atoms with Crippen LogP contribution in [0.15, 0.2) is 0 Å². The Balaban J connectivity index is 2.57. The molecule has 0 radical (unpaired) electrons. The summed E-state index contributed by atoms with van der Waals surface area (Å²) in [6.07, 6.45) is -0.760. The Kier molecular flexibility index (Phi) is 5.41. The molecule has 4 heteroatoms. The lowest BCUT2D eigenvalue weighted by atomic mass is 9.97. The van der Waals surface area contributed by atoms with Crippen molar-refractivity contribution in [3.63, 3.8) is 0 Å². The molecule has 0 bridgehead atoms. The molecule has 114 valence electrons. The van der Waals surface area contributed by atoms with Gasteiger partial charge in [-0.2, -0.15) is 0 Å². The normalized spacial score (nSPS) is 32.8. The first-order valence-electron chi connectivity index (χ1n) is 7.11. The van der Waals surface area contributed by atoms with Gasteiger partial charge in [-0.15, -0.1) is 0 Å². The minimum absolute atomic E-state index is 0.0309. The quantitative estimate of drug-likeness (QED) is 0.855. The van der Waals surface area contributed by atoms with Crippen LogP contribution in [0.1, 0.15) is 48.5 Å². The summed E-state index contributed by atoms with van der Waals surface area (Å²) in [4.78, 5) is 0. The third-order valence-corrected chi connectivity index (χ3v) is 3.18. The fourth-order valence-corrected chi connectivity index (χ4v) is 2.07. The van der Waals surface area contributed by atoms with Crippen molar-refractivity contribution in [3.8, 4) is 0 Å². The molecule has 4 nitrogen and oxygen atoms in total. The lowest BCUT2D eigenvalue weighted by molar-refractivity contribution is -0.0919. The molecule has 0 spiro atoms. The summed E-state index contributed by atoms with van der Waals surface area (Å²) in [6.45, 7) is 15.0. The topological polar surface area (TPSA) is 47.9 Å². The van der Waals surface area contributed by atoms with Crippen LogP contribution in [-0.2, 0) is 14.2 Å². The summed E-state index contributed by atoms with van der Waals surface area (Å²) in [5, 5.41) is 10.2. The largest absolute Gasteiger partial charge is 0.390 e. The van der Waals surface area contributed by atoms with Crippen LogP contribution in [0.4, 0.5) is 0 Å². The predicted octanol–water partition coefficient (Wildman–Crippen LogP) is 2.38. The Labute approximate surface area is 117 Å². The summed E-state index contributed by atoms with van der Waals surface area (Å²) in [6, 6.07) is 0. The second-order valence-electron chi connectivity index (χ2n) is 7.38. The summed E-state index contributed by atoms with van der Waals surface area (Å²) >= 11 is 0. The molecular formula is C15H30O4. The minimum Gasteiger partial charge on any atom is -0.390 e. The third kappa shape index (κ3) is 5.78. The summed E-state index contributed by atoms with van der Waals surface area (Å²) < 4.78 is 17.4. The summed E-state index contributed by atoms with van der Waals surface area (Å²) in [5.74, 6) is -0.0309. The first-order valence-corrected chi connectivity index (χ1v) is 7.11. The molecule has 1 unspecified atom stereocenters. The number of rotatable bonds is 4. The molecule has 0 amide bonds. The van der Waals surface area contributed by atoms with Crippen molar-refractivity contribution in [2.24, 2.45) is 5.92 Å². The van der Waals surface area contributed by atoms with E-state index in [1.165, 1.54) is 0 Å². The van der Waals surface area contributed by atoms with Crippen molar-refractivity contribution in [2.75, 3.05) is 13.2 Å². The highest BCUT2D eigenvalue weighted by molar-refractivity contribution is 4.89. The molecule has 1 aliphatic rings. The van der Waals surface area contributed by atoms with Gasteiger partial charge in [0.25, 0.3) is 0 Å². The fourth-order valence-electron chi connectivity index (χ4n) is 2.07. The molecule has 0 saturated carbocycles. The molecule has 1 N–H and O–H groups in total. The van der Waals surface area contributed by atoms with Crippen LogP contribution >= 0.6 is 0 Å². The number of aliphatic hydroxyl groups excluding tert-OH is 1. The van der Waals surface area contributed by atoms with E-state index in [1.807, 2.05) is 48.5 Å². The zero-order valence-corrected chi connectivity index (χ0v) is 13.4. The first kappa shape index (κ1) is 16.9. The van der Waals surface area contributed by atoms with Gasteiger partial charge in [-0.25, -0.2) is 0 Å². The van der Waals surface area contributed by atoms with Gasteiger partial charge in [-0.05, 0) is 48.5 Å². The van der Waals surface area contributed by atoms with Crippen LogP contribution in [0.3, 0.4) is 0 Å². The highest BCUT2D eigenvalue weighted by Gasteiger charge is 2.42. The molecule has 1 aliphatic heterocycles. The van der Waals surface area contributed by atoms with Crippen molar-refractivity contribution in [2.45, 2.75) is 78.0 Å². The number of hydrogen-bond acceptors (Lipinski definition) is 4. The number of hydrogen-bond donors (Lipinski definition) is 1. The van der Waals surface area contributed by atoms with Gasteiger partial charge >= 0.3 is 0 Å². The highest BCUT2D eigenvalue weighted by Crippen LogP contribution is 2.29. The van der Waals surface area contributed by atoms with Gasteiger partial charge in [0.05, 0.1) is 42.7 Å². The number of ether oxygens (including phenoxy) is 3. The monoisotopic (exact) mass is 274 g/mol. The SMILES string of the molecule is C[C@@H]1O[C@H](COC(C)(C)C)[C@H](COC(C)(C)C)C1O. The molecule has 1 saturated heterocycles. The first-order chi connectivity index (χ1) is 8.49. The van der Waals surface area contributed by atoms with Crippen LogP contribution in [0.5, 0.6) is 0 Å². The van der Waals surface area contributed by atoms with E-state index in [4.69, 9.17) is 14.2 Å². The lowest BCUT2D eigenvalue weighted by Crippen LogP contribution is -2.37. The highest BCUT2D eigenvalue weighted by atomic mass is 16.6. The molecule has 0 aromatic heterocycles. The van der Waals surface area contributed by atoms with E-state index in [-0.39, 0.29) is 29.3 Å². The van der Waals surface area contributed by atoms with Crippen molar-refractivity contribution >= 4 is 0 Å². The lowest BCUT2D eigenvalue weighted by Gasteiger charge is -2.28. The minimum atomic E-state index is -0.490. The average molecular weight is 274 g/mol. The Morgan fingerprint density at radius 2 is 1.42 bits per heavy atom. The van der Waals surface area contributed by atoms with Crippen LogP contribution < -0.4 is 0 Å². The van der Waals surface area contributed by atoms with Crippen LogP contribution in [-0.4, -0.2) is 47.8 Å². The fraction of sp³-hybridized carbons (Fsp3) is 1.00. The third-order valence-electron chi connectivity index (χ3n) is 3.18. The maximum Gasteiger partial charge on any atom is 0.0889 e. The van der Waals surface area contributed by atoms with Gasteiger partial charge in [-0.1, -0.05) is 0 Å². The Hall–Kier alpha value is -0.160. The van der Waals surface area contributed by atoms with Crippen molar-refractivity contribution < 1.29 is 19.3 Å². The van der Waals surface area contributed by atoms with Gasteiger partial charge in [0, 0.05) is 5.92 Å².